The molecule has 0 unspecified atom stereocenters. The van der Waals surface area contributed by atoms with E-state index in [9.17, 15) is 9.59 Å². The Morgan fingerprint density at radius 1 is 0.828 bits per heavy atom. The van der Waals surface area contributed by atoms with Crippen LogP contribution in [-0.2, 0) is 16.0 Å². The van der Waals surface area contributed by atoms with E-state index in [-0.39, 0.29) is 5.91 Å². The lowest BCUT2D eigenvalue weighted by Gasteiger charge is -2.17. The van der Waals surface area contributed by atoms with Crippen molar-refractivity contribution in [3.63, 3.8) is 0 Å². The highest BCUT2D eigenvalue weighted by Crippen LogP contribution is 2.20. The van der Waals surface area contributed by atoms with E-state index in [0.717, 1.165) is 27.1 Å². The molecular weight excluding hydrogens is 362 g/mol. The van der Waals surface area contributed by atoms with E-state index in [1.165, 1.54) is 7.11 Å². The Hall–Kier alpha value is -3.66. The van der Waals surface area contributed by atoms with Gasteiger partial charge in [0.15, 0.2) is 0 Å². The number of amides is 1. The van der Waals surface area contributed by atoms with Crippen molar-refractivity contribution < 1.29 is 14.3 Å². The summed E-state index contributed by atoms with van der Waals surface area (Å²) in [5.41, 5.74) is 1.49. The zero-order chi connectivity index (χ0) is 20.2. The Bertz CT molecular complexity index is 1190. The number of methoxy groups -OCH3 is 1. The second kappa shape index (κ2) is 8.15. The minimum absolute atomic E-state index is 0.294. The molecule has 4 aromatic carbocycles. The van der Waals surface area contributed by atoms with Crippen LogP contribution in [0.1, 0.15) is 15.9 Å². The molecule has 29 heavy (non-hydrogen) atoms. The van der Waals surface area contributed by atoms with Crippen LogP contribution in [0.25, 0.3) is 21.5 Å². The Morgan fingerprint density at radius 2 is 1.52 bits per heavy atom. The number of esters is 1. The van der Waals surface area contributed by atoms with Crippen molar-refractivity contribution in [3.8, 4) is 0 Å². The smallest absolute Gasteiger partial charge is 0.328 e. The van der Waals surface area contributed by atoms with E-state index < -0.39 is 12.0 Å². The Labute approximate surface area is 169 Å². The third kappa shape index (κ3) is 3.97. The van der Waals surface area contributed by atoms with Gasteiger partial charge >= 0.3 is 5.97 Å². The summed E-state index contributed by atoms with van der Waals surface area (Å²) in [7, 11) is 1.33. The van der Waals surface area contributed by atoms with Gasteiger partial charge < -0.3 is 10.1 Å². The number of carbonyl (C=O) groups is 2. The molecule has 0 aliphatic heterocycles. The predicted octanol–water partition coefficient (Wildman–Crippen LogP) is 4.51. The first-order chi connectivity index (χ1) is 14.2. The van der Waals surface area contributed by atoms with Gasteiger partial charge in [-0.1, -0.05) is 78.9 Å². The third-order valence-electron chi connectivity index (χ3n) is 5.08. The Balaban J connectivity index is 1.61. The molecule has 0 fully saturated rings. The van der Waals surface area contributed by atoms with Gasteiger partial charge in [0.1, 0.15) is 6.04 Å². The molecule has 4 aromatic rings. The molecule has 0 aliphatic rings. The van der Waals surface area contributed by atoms with Crippen LogP contribution in [0.3, 0.4) is 0 Å². The first-order valence-corrected chi connectivity index (χ1v) is 9.50. The highest BCUT2D eigenvalue weighted by atomic mass is 16.5. The molecule has 0 saturated carbocycles. The number of hydrogen-bond donors (Lipinski definition) is 1. The van der Waals surface area contributed by atoms with Crippen LogP contribution >= 0.6 is 0 Å². The van der Waals surface area contributed by atoms with Crippen molar-refractivity contribution in [2.24, 2.45) is 0 Å². The molecule has 0 radical (unpaired) electrons. The lowest BCUT2D eigenvalue weighted by atomic mass is 10.0. The van der Waals surface area contributed by atoms with Gasteiger partial charge in [-0.05, 0) is 33.2 Å². The van der Waals surface area contributed by atoms with E-state index in [1.807, 2.05) is 78.9 Å². The Kier molecular flexibility index (Phi) is 5.25. The SMILES string of the molecule is COC(=O)[C@H](Cc1ccc2ccccc2c1)NC(=O)c1cccc2ccccc12. The monoisotopic (exact) mass is 383 g/mol. The average Bonchev–Trinajstić information content (AvgIpc) is 2.77. The van der Waals surface area contributed by atoms with Crippen LogP contribution in [0, 0.1) is 0 Å². The molecule has 0 heterocycles. The molecule has 144 valence electrons. The fraction of sp³-hybridized carbons (Fsp3) is 0.120. The van der Waals surface area contributed by atoms with E-state index in [0.29, 0.717) is 12.0 Å². The molecular formula is C25H21NO3. The standard InChI is InChI=1S/C25H21NO3/c1-29-25(28)23(16-17-13-14-18-7-2-3-9-20(18)15-17)26-24(27)22-12-6-10-19-8-4-5-11-21(19)22/h2-15,23H,16H2,1H3,(H,26,27)/t23-/m0/s1. The molecule has 0 bridgehead atoms. The molecule has 1 N–H and O–H groups in total. The molecule has 0 spiro atoms. The van der Waals surface area contributed by atoms with Crippen LogP contribution < -0.4 is 5.32 Å². The number of nitrogens with one attached hydrogen (secondary N) is 1. The van der Waals surface area contributed by atoms with Gasteiger partial charge in [0.25, 0.3) is 5.91 Å². The van der Waals surface area contributed by atoms with Crippen LogP contribution in [0.4, 0.5) is 0 Å². The molecule has 0 aliphatic carbocycles. The molecule has 0 saturated heterocycles. The van der Waals surface area contributed by atoms with Crippen LogP contribution in [0.2, 0.25) is 0 Å². The van der Waals surface area contributed by atoms with Crippen molar-refractivity contribution in [2.75, 3.05) is 7.11 Å². The summed E-state index contributed by atoms with van der Waals surface area (Å²) < 4.78 is 4.94. The molecule has 0 aromatic heterocycles. The summed E-state index contributed by atoms with van der Waals surface area (Å²) in [6.07, 6.45) is 0.355. The minimum atomic E-state index is -0.771. The summed E-state index contributed by atoms with van der Waals surface area (Å²) in [5.74, 6) is -0.760. The molecule has 4 rings (SSSR count). The lowest BCUT2D eigenvalue weighted by Crippen LogP contribution is -2.43. The number of carbonyl (C=O) groups excluding carboxylic acids is 2. The van der Waals surface area contributed by atoms with Crippen LogP contribution in [0.15, 0.2) is 84.9 Å². The maximum atomic E-state index is 13.0. The van der Waals surface area contributed by atoms with Crippen molar-refractivity contribution >= 4 is 33.4 Å². The zero-order valence-corrected chi connectivity index (χ0v) is 16.1. The average molecular weight is 383 g/mol. The summed E-state index contributed by atoms with van der Waals surface area (Å²) in [6.45, 7) is 0. The van der Waals surface area contributed by atoms with Gasteiger partial charge in [0, 0.05) is 12.0 Å². The van der Waals surface area contributed by atoms with Crippen LogP contribution in [0.5, 0.6) is 0 Å². The quantitative estimate of drug-likeness (QED) is 0.516. The second-order valence-corrected chi connectivity index (χ2v) is 6.96. The highest BCUT2D eigenvalue weighted by Gasteiger charge is 2.23. The normalized spacial score (nSPS) is 11.9. The third-order valence-corrected chi connectivity index (χ3v) is 5.08. The van der Waals surface area contributed by atoms with Crippen LogP contribution in [-0.4, -0.2) is 25.0 Å². The topological polar surface area (TPSA) is 55.4 Å². The second-order valence-electron chi connectivity index (χ2n) is 6.96. The van der Waals surface area contributed by atoms with E-state index in [1.54, 1.807) is 6.07 Å². The number of fused-ring (bicyclic) bond motifs is 2. The maximum absolute atomic E-state index is 13.0. The van der Waals surface area contributed by atoms with Gasteiger partial charge in [-0.25, -0.2) is 4.79 Å². The first-order valence-electron chi connectivity index (χ1n) is 9.50. The number of hydrogen-bond acceptors (Lipinski definition) is 3. The lowest BCUT2D eigenvalue weighted by molar-refractivity contribution is -0.142. The molecule has 1 amide bonds. The van der Waals surface area contributed by atoms with E-state index in [2.05, 4.69) is 5.32 Å². The minimum Gasteiger partial charge on any atom is -0.467 e. The summed E-state index contributed by atoms with van der Waals surface area (Å²) in [5, 5.41) is 6.91. The summed E-state index contributed by atoms with van der Waals surface area (Å²) in [6, 6.07) is 26.5. The van der Waals surface area contributed by atoms with Gasteiger partial charge in [-0.15, -0.1) is 0 Å². The summed E-state index contributed by atoms with van der Waals surface area (Å²) >= 11 is 0. The number of benzene rings is 4. The largest absolute Gasteiger partial charge is 0.467 e. The fourth-order valence-electron chi connectivity index (χ4n) is 3.60. The summed E-state index contributed by atoms with van der Waals surface area (Å²) in [4.78, 5) is 25.3. The molecule has 4 heteroatoms. The fourth-order valence-corrected chi connectivity index (χ4v) is 3.60. The first kappa shape index (κ1) is 18.7. The molecule has 1 atom stereocenters. The van der Waals surface area contributed by atoms with E-state index in [4.69, 9.17) is 4.74 Å². The van der Waals surface area contributed by atoms with Gasteiger partial charge in [0.2, 0.25) is 0 Å². The van der Waals surface area contributed by atoms with Crippen molar-refractivity contribution in [2.45, 2.75) is 12.5 Å². The maximum Gasteiger partial charge on any atom is 0.328 e. The van der Waals surface area contributed by atoms with Crippen molar-refractivity contribution in [1.29, 1.82) is 0 Å². The number of rotatable bonds is 5. The van der Waals surface area contributed by atoms with Gasteiger partial charge in [-0.2, -0.15) is 0 Å². The van der Waals surface area contributed by atoms with Gasteiger partial charge in [-0.3, -0.25) is 4.79 Å². The predicted molar refractivity (Wildman–Crippen MR) is 115 cm³/mol. The molecule has 4 nitrogen and oxygen atoms in total. The van der Waals surface area contributed by atoms with Crippen molar-refractivity contribution in [3.05, 3.63) is 96.1 Å². The van der Waals surface area contributed by atoms with E-state index >= 15 is 0 Å². The number of ether oxygens (including phenoxy) is 1. The highest BCUT2D eigenvalue weighted by molar-refractivity contribution is 6.08. The zero-order valence-electron chi connectivity index (χ0n) is 16.1. The van der Waals surface area contributed by atoms with Crippen molar-refractivity contribution in [1.82, 2.24) is 5.32 Å². The Morgan fingerprint density at radius 3 is 2.31 bits per heavy atom. The van der Waals surface area contributed by atoms with Gasteiger partial charge in [0.05, 0.1) is 7.11 Å².